The lowest BCUT2D eigenvalue weighted by Gasteiger charge is -2.32. The lowest BCUT2D eigenvalue weighted by Crippen LogP contribution is -2.28. The Morgan fingerprint density at radius 3 is 2.79 bits per heavy atom. The van der Waals surface area contributed by atoms with Gasteiger partial charge in [-0.15, -0.1) is 0 Å². The first kappa shape index (κ1) is 15.0. The number of methoxy groups -OCH3 is 1. The van der Waals surface area contributed by atoms with E-state index in [0.717, 1.165) is 23.1 Å². The van der Waals surface area contributed by atoms with Crippen LogP contribution in [-0.4, -0.2) is 21.9 Å². The zero-order chi connectivity index (χ0) is 16.5. The molecule has 2 aromatic carbocycles. The molecule has 2 heterocycles. The van der Waals surface area contributed by atoms with Crippen LogP contribution in [0, 0.1) is 0 Å². The van der Waals surface area contributed by atoms with Gasteiger partial charge in [-0.3, -0.25) is 0 Å². The van der Waals surface area contributed by atoms with E-state index >= 15 is 0 Å². The van der Waals surface area contributed by atoms with E-state index in [1.165, 1.54) is 11.1 Å². The molecule has 4 rings (SSSR count). The molecule has 0 fully saturated rings. The van der Waals surface area contributed by atoms with Gasteiger partial charge in [0.25, 0.3) is 0 Å². The summed E-state index contributed by atoms with van der Waals surface area (Å²) in [5.41, 5.74) is 2.34. The van der Waals surface area contributed by atoms with Gasteiger partial charge in [0.15, 0.2) is 0 Å². The van der Waals surface area contributed by atoms with Crippen molar-refractivity contribution in [2.24, 2.45) is 0 Å². The molecule has 0 radical (unpaired) electrons. The minimum absolute atomic E-state index is 0.109. The molecule has 0 unspecified atom stereocenters. The molecule has 0 aliphatic carbocycles. The molecule has 6 heteroatoms. The molecule has 0 bridgehead atoms. The summed E-state index contributed by atoms with van der Waals surface area (Å²) in [6.45, 7) is 0. The van der Waals surface area contributed by atoms with Crippen molar-refractivity contribution in [2.45, 2.75) is 18.5 Å². The molecule has 0 spiro atoms. The highest BCUT2D eigenvalue weighted by Crippen LogP contribution is 2.38. The van der Waals surface area contributed by atoms with Crippen LogP contribution >= 0.6 is 11.6 Å². The van der Waals surface area contributed by atoms with Gasteiger partial charge in [-0.25, -0.2) is 4.68 Å². The Bertz CT molecular complexity index is 846. The molecule has 1 N–H and O–H groups in total. The third-order valence-corrected chi connectivity index (χ3v) is 4.63. The Kier molecular flexibility index (Phi) is 3.86. The standard InChI is InChI=1S/C18H17ClN4O/c1-24-15-4-2-3-13(9-15)16-10-17(12-5-7-14(19)8-6-12)23-18(22-16)20-11-21-23/h2-9,11,16-17H,10H2,1H3,(H,20,21,22)/t16-,17-/m0/s1. The number of ether oxygens (including phenoxy) is 1. The summed E-state index contributed by atoms with van der Waals surface area (Å²) in [7, 11) is 1.68. The Balaban J connectivity index is 1.71. The third-order valence-electron chi connectivity index (χ3n) is 4.38. The fourth-order valence-electron chi connectivity index (χ4n) is 3.16. The Morgan fingerprint density at radius 2 is 2.00 bits per heavy atom. The van der Waals surface area contributed by atoms with E-state index in [9.17, 15) is 0 Å². The second kappa shape index (κ2) is 6.17. The molecule has 0 amide bonds. The normalized spacial score (nSPS) is 19.4. The molecular weight excluding hydrogens is 324 g/mol. The first-order valence-corrected chi connectivity index (χ1v) is 8.18. The van der Waals surface area contributed by atoms with Crippen molar-refractivity contribution in [1.29, 1.82) is 0 Å². The second-order valence-corrected chi connectivity index (χ2v) is 6.24. The average molecular weight is 341 g/mol. The van der Waals surface area contributed by atoms with Crippen molar-refractivity contribution in [1.82, 2.24) is 14.8 Å². The van der Waals surface area contributed by atoms with Gasteiger partial charge in [0, 0.05) is 5.02 Å². The number of nitrogens with zero attached hydrogens (tertiary/aromatic N) is 3. The molecule has 3 aromatic rings. The fraction of sp³-hybridized carbons (Fsp3) is 0.222. The van der Waals surface area contributed by atoms with Crippen LogP contribution in [-0.2, 0) is 0 Å². The summed E-state index contributed by atoms with van der Waals surface area (Å²) in [6.07, 6.45) is 2.45. The summed E-state index contributed by atoms with van der Waals surface area (Å²) >= 11 is 6.03. The number of anilines is 1. The van der Waals surface area contributed by atoms with Crippen LogP contribution < -0.4 is 10.1 Å². The maximum atomic E-state index is 6.03. The molecule has 1 aliphatic heterocycles. The van der Waals surface area contributed by atoms with E-state index in [1.54, 1.807) is 13.4 Å². The number of fused-ring (bicyclic) bond motifs is 1. The van der Waals surface area contributed by atoms with Crippen molar-refractivity contribution in [2.75, 3.05) is 12.4 Å². The van der Waals surface area contributed by atoms with Gasteiger partial charge in [-0.05, 0) is 41.8 Å². The Hall–Kier alpha value is -2.53. The van der Waals surface area contributed by atoms with Gasteiger partial charge < -0.3 is 10.1 Å². The maximum Gasteiger partial charge on any atom is 0.222 e. The monoisotopic (exact) mass is 340 g/mol. The molecule has 2 atom stereocenters. The lowest BCUT2D eigenvalue weighted by molar-refractivity contribution is 0.410. The fourth-order valence-corrected chi connectivity index (χ4v) is 3.29. The van der Waals surface area contributed by atoms with Crippen molar-refractivity contribution in [3.63, 3.8) is 0 Å². The zero-order valence-corrected chi connectivity index (χ0v) is 13.9. The highest BCUT2D eigenvalue weighted by Gasteiger charge is 2.30. The number of aromatic nitrogens is 3. The molecule has 5 nitrogen and oxygen atoms in total. The SMILES string of the molecule is COc1cccc([C@@H]2C[C@@H](c3ccc(Cl)cc3)n3ncnc3N2)c1. The van der Waals surface area contributed by atoms with Gasteiger partial charge in [0.2, 0.25) is 5.95 Å². The first-order valence-electron chi connectivity index (χ1n) is 7.80. The van der Waals surface area contributed by atoms with Crippen LogP contribution in [0.1, 0.15) is 29.6 Å². The van der Waals surface area contributed by atoms with E-state index in [1.807, 2.05) is 41.1 Å². The number of hydrogen-bond donors (Lipinski definition) is 1. The van der Waals surface area contributed by atoms with Crippen LogP contribution in [0.25, 0.3) is 0 Å². The van der Waals surface area contributed by atoms with Crippen LogP contribution in [0.3, 0.4) is 0 Å². The summed E-state index contributed by atoms with van der Waals surface area (Å²) in [4.78, 5) is 4.35. The topological polar surface area (TPSA) is 52.0 Å². The van der Waals surface area contributed by atoms with Crippen molar-refractivity contribution in [3.8, 4) is 5.75 Å². The highest BCUT2D eigenvalue weighted by molar-refractivity contribution is 6.30. The number of rotatable bonds is 3. The number of halogens is 1. The van der Waals surface area contributed by atoms with Crippen LogP contribution in [0.4, 0.5) is 5.95 Å². The van der Waals surface area contributed by atoms with Gasteiger partial charge >= 0.3 is 0 Å². The van der Waals surface area contributed by atoms with E-state index in [-0.39, 0.29) is 12.1 Å². The van der Waals surface area contributed by atoms with Crippen LogP contribution in [0.15, 0.2) is 54.9 Å². The van der Waals surface area contributed by atoms with Crippen molar-refractivity contribution >= 4 is 17.5 Å². The molecule has 1 aromatic heterocycles. The predicted octanol–water partition coefficient (Wildman–Crippen LogP) is 4.09. The minimum atomic E-state index is 0.109. The molecule has 24 heavy (non-hydrogen) atoms. The molecule has 0 saturated heterocycles. The number of hydrogen-bond acceptors (Lipinski definition) is 4. The largest absolute Gasteiger partial charge is 0.497 e. The average Bonchev–Trinajstić information content (AvgIpc) is 3.10. The molecular formula is C18H17ClN4O. The quantitative estimate of drug-likeness (QED) is 0.780. The smallest absolute Gasteiger partial charge is 0.222 e. The van der Waals surface area contributed by atoms with Crippen LogP contribution in [0.2, 0.25) is 5.02 Å². The molecule has 1 aliphatic rings. The molecule has 0 saturated carbocycles. The number of nitrogens with one attached hydrogen (secondary N) is 1. The minimum Gasteiger partial charge on any atom is -0.497 e. The van der Waals surface area contributed by atoms with Crippen molar-refractivity contribution in [3.05, 3.63) is 71.0 Å². The van der Waals surface area contributed by atoms with Gasteiger partial charge in [-0.1, -0.05) is 35.9 Å². The van der Waals surface area contributed by atoms with Crippen molar-refractivity contribution < 1.29 is 4.74 Å². The van der Waals surface area contributed by atoms with Gasteiger partial charge in [0.1, 0.15) is 12.1 Å². The van der Waals surface area contributed by atoms with E-state index in [2.05, 4.69) is 27.5 Å². The van der Waals surface area contributed by atoms with Crippen LogP contribution in [0.5, 0.6) is 5.75 Å². The summed E-state index contributed by atoms with van der Waals surface area (Å²) in [5.74, 6) is 1.62. The van der Waals surface area contributed by atoms with Gasteiger partial charge in [-0.2, -0.15) is 10.1 Å². The van der Waals surface area contributed by atoms with E-state index in [4.69, 9.17) is 16.3 Å². The Labute approximate surface area is 145 Å². The van der Waals surface area contributed by atoms with E-state index < -0.39 is 0 Å². The summed E-state index contributed by atoms with van der Waals surface area (Å²) in [5, 5.41) is 8.58. The van der Waals surface area contributed by atoms with Gasteiger partial charge in [0.05, 0.1) is 19.2 Å². The zero-order valence-electron chi connectivity index (χ0n) is 13.2. The van der Waals surface area contributed by atoms with E-state index in [0.29, 0.717) is 0 Å². The lowest BCUT2D eigenvalue weighted by atomic mass is 9.93. The maximum absolute atomic E-state index is 6.03. The molecule has 122 valence electrons. The number of benzene rings is 2. The third kappa shape index (κ3) is 2.71. The second-order valence-electron chi connectivity index (χ2n) is 5.80. The Morgan fingerprint density at radius 1 is 1.17 bits per heavy atom. The predicted molar refractivity (Wildman–Crippen MR) is 93.6 cm³/mol. The highest BCUT2D eigenvalue weighted by atomic mass is 35.5. The first-order chi connectivity index (χ1) is 11.7. The summed E-state index contributed by atoms with van der Waals surface area (Å²) < 4.78 is 7.28. The summed E-state index contributed by atoms with van der Waals surface area (Å²) in [6, 6.07) is 16.3.